The molecule has 2 rings (SSSR count). The predicted octanol–water partition coefficient (Wildman–Crippen LogP) is -0.431. The fraction of sp³-hybridized carbons (Fsp3) is 0.529. The molecule has 0 bridgehead atoms. The monoisotopic (exact) mass is 386 g/mol. The molecule has 4 unspecified atom stereocenters. The van der Waals surface area contributed by atoms with Crippen LogP contribution in [0.4, 0.5) is 0 Å². The van der Waals surface area contributed by atoms with E-state index < -0.39 is 48.7 Å². The molecule has 10 nitrogen and oxygen atoms in total. The number of carbonyl (C=O) groups excluding carboxylic acids is 1. The molecule has 0 radical (unpaired) electrons. The van der Waals surface area contributed by atoms with Gasteiger partial charge in [-0.25, -0.2) is 9.59 Å². The van der Waals surface area contributed by atoms with Gasteiger partial charge in [0.1, 0.15) is 12.2 Å². The molecule has 0 amide bonds. The second-order valence-electron chi connectivity index (χ2n) is 6.16. The first kappa shape index (κ1) is 20.7. The molecule has 10 heteroatoms. The predicted molar refractivity (Wildman–Crippen MR) is 89.1 cm³/mol. The van der Waals surface area contributed by atoms with E-state index in [-0.39, 0.29) is 22.8 Å². The Balaban J connectivity index is 2.29. The lowest BCUT2D eigenvalue weighted by Gasteiger charge is -2.39. The van der Waals surface area contributed by atoms with Crippen molar-refractivity contribution < 1.29 is 49.0 Å². The largest absolute Gasteiger partial charge is 0.493 e. The van der Waals surface area contributed by atoms with Gasteiger partial charge in [0, 0.05) is 12.8 Å². The van der Waals surface area contributed by atoms with E-state index in [1.165, 1.54) is 33.5 Å². The zero-order valence-corrected chi connectivity index (χ0v) is 15.0. The minimum Gasteiger partial charge on any atom is -0.493 e. The third-order valence-electron chi connectivity index (χ3n) is 4.42. The van der Waals surface area contributed by atoms with Crippen molar-refractivity contribution in [3.8, 4) is 17.2 Å². The Labute approximate surface area is 154 Å². The van der Waals surface area contributed by atoms with Crippen LogP contribution >= 0.6 is 0 Å². The standard InChI is InChI=1S/C17H22O10/c1-24-10-4-8(5-11(25-2)14(10)26-3)15(20)27-12-7-17(23,16(21)22)6-9(18)13(12)19/h4-5,9,12-13,18-19,23H,6-7H2,1-3H3,(H,21,22). The van der Waals surface area contributed by atoms with Gasteiger partial charge in [-0.15, -0.1) is 0 Å². The highest BCUT2D eigenvalue weighted by atomic mass is 16.6. The molecule has 0 aliphatic heterocycles. The summed E-state index contributed by atoms with van der Waals surface area (Å²) in [6, 6.07) is 2.64. The van der Waals surface area contributed by atoms with Gasteiger partial charge in [0.15, 0.2) is 17.1 Å². The topological polar surface area (TPSA) is 152 Å². The lowest BCUT2D eigenvalue weighted by Crippen LogP contribution is -2.57. The molecule has 1 fully saturated rings. The summed E-state index contributed by atoms with van der Waals surface area (Å²) in [5.41, 5.74) is -2.34. The van der Waals surface area contributed by atoms with Crippen LogP contribution < -0.4 is 14.2 Å². The number of hydrogen-bond acceptors (Lipinski definition) is 9. The molecule has 1 aromatic carbocycles. The number of aliphatic carboxylic acids is 1. The number of carboxylic acid groups (broad SMARTS) is 1. The van der Waals surface area contributed by atoms with E-state index in [1.807, 2.05) is 0 Å². The summed E-state index contributed by atoms with van der Waals surface area (Å²) >= 11 is 0. The number of aliphatic hydroxyl groups is 3. The highest BCUT2D eigenvalue weighted by Crippen LogP contribution is 2.39. The average Bonchev–Trinajstić information content (AvgIpc) is 2.64. The van der Waals surface area contributed by atoms with Crippen LogP contribution in [0.1, 0.15) is 23.2 Å². The van der Waals surface area contributed by atoms with E-state index in [2.05, 4.69) is 0 Å². The van der Waals surface area contributed by atoms with Crippen LogP contribution in [0.2, 0.25) is 0 Å². The highest BCUT2D eigenvalue weighted by Gasteiger charge is 2.50. The maximum absolute atomic E-state index is 12.5. The smallest absolute Gasteiger partial charge is 0.338 e. The van der Waals surface area contributed by atoms with Crippen LogP contribution in [0.3, 0.4) is 0 Å². The molecule has 1 aromatic rings. The molecule has 1 aliphatic carbocycles. The van der Waals surface area contributed by atoms with E-state index in [1.54, 1.807) is 0 Å². The molecule has 4 atom stereocenters. The summed E-state index contributed by atoms with van der Waals surface area (Å²) in [6.45, 7) is 0. The van der Waals surface area contributed by atoms with E-state index >= 15 is 0 Å². The molecule has 1 saturated carbocycles. The lowest BCUT2D eigenvalue weighted by atomic mass is 9.79. The Bertz CT molecular complexity index is 693. The molecule has 4 N–H and O–H groups in total. The molecule has 150 valence electrons. The van der Waals surface area contributed by atoms with Crippen molar-refractivity contribution in [2.45, 2.75) is 36.8 Å². The second-order valence-corrected chi connectivity index (χ2v) is 6.16. The Kier molecular flexibility index (Phi) is 6.14. The van der Waals surface area contributed by atoms with Crippen molar-refractivity contribution in [1.29, 1.82) is 0 Å². The molecule has 1 aliphatic rings. The number of carboxylic acids is 1. The van der Waals surface area contributed by atoms with Crippen molar-refractivity contribution in [2.24, 2.45) is 0 Å². The Hall–Kier alpha value is -2.56. The van der Waals surface area contributed by atoms with Gasteiger partial charge in [0.05, 0.1) is 33.0 Å². The van der Waals surface area contributed by atoms with Crippen LogP contribution in [-0.2, 0) is 9.53 Å². The van der Waals surface area contributed by atoms with Crippen LogP contribution in [-0.4, -0.2) is 77.6 Å². The quantitative estimate of drug-likeness (QED) is 0.474. The van der Waals surface area contributed by atoms with Crippen molar-refractivity contribution >= 4 is 11.9 Å². The van der Waals surface area contributed by atoms with Crippen LogP contribution in [0.5, 0.6) is 17.2 Å². The zero-order valence-electron chi connectivity index (χ0n) is 15.0. The minimum atomic E-state index is -2.32. The van der Waals surface area contributed by atoms with Gasteiger partial charge < -0.3 is 39.4 Å². The first-order valence-electron chi connectivity index (χ1n) is 7.99. The number of aliphatic hydroxyl groups excluding tert-OH is 2. The van der Waals surface area contributed by atoms with Gasteiger partial charge in [-0.2, -0.15) is 0 Å². The molecule has 0 heterocycles. The summed E-state index contributed by atoms with van der Waals surface area (Å²) in [4.78, 5) is 23.7. The molecule has 0 saturated heterocycles. The van der Waals surface area contributed by atoms with Crippen LogP contribution in [0, 0.1) is 0 Å². The van der Waals surface area contributed by atoms with Gasteiger partial charge in [0.2, 0.25) is 5.75 Å². The van der Waals surface area contributed by atoms with Crippen LogP contribution in [0.15, 0.2) is 12.1 Å². The number of ether oxygens (including phenoxy) is 4. The Morgan fingerprint density at radius 3 is 2.04 bits per heavy atom. The summed E-state index contributed by atoms with van der Waals surface area (Å²) in [6.07, 6.45) is -5.70. The molecule has 0 spiro atoms. The molecular weight excluding hydrogens is 364 g/mol. The van der Waals surface area contributed by atoms with Crippen molar-refractivity contribution in [2.75, 3.05) is 21.3 Å². The van der Waals surface area contributed by atoms with Gasteiger partial charge in [0.25, 0.3) is 0 Å². The fourth-order valence-electron chi connectivity index (χ4n) is 2.94. The number of rotatable bonds is 6. The third-order valence-corrected chi connectivity index (χ3v) is 4.42. The maximum Gasteiger partial charge on any atom is 0.338 e. The average molecular weight is 386 g/mol. The first-order chi connectivity index (χ1) is 12.7. The molecular formula is C17H22O10. The number of esters is 1. The van der Waals surface area contributed by atoms with Crippen molar-refractivity contribution in [1.82, 2.24) is 0 Å². The minimum absolute atomic E-state index is 0.0179. The van der Waals surface area contributed by atoms with E-state index in [4.69, 9.17) is 24.1 Å². The van der Waals surface area contributed by atoms with Crippen molar-refractivity contribution in [3.63, 3.8) is 0 Å². The van der Waals surface area contributed by atoms with Gasteiger partial charge in [-0.05, 0) is 12.1 Å². The second kappa shape index (κ2) is 7.99. The van der Waals surface area contributed by atoms with E-state index in [0.717, 1.165) is 0 Å². The van der Waals surface area contributed by atoms with Gasteiger partial charge in [-0.3, -0.25) is 0 Å². The van der Waals surface area contributed by atoms with Crippen molar-refractivity contribution in [3.05, 3.63) is 17.7 Å². The summed E-state index contributed by atoms with van der Waals surface area (Å²) in [5, 5.41) is 39.1. The number of carbonyl (C=O) groups is 2. The first-order valence-corrected chi connectivity index (χ1v) is 7.99. The van der Waals surface area contributed by atoms with Crippen LogP contribution in [0.25, 0.3) is 0 Å². The zero-order chi connectivity index (χ0) is 20.4. The SMILES string of the molecule is COc1cc(C(=O)OC2CC(O)(C(=O)O)CC(O)C2O)cc(OC)c1OC. The summed E-state index contributed by atoms with van der Waals surface area (Å²) in [7, 11) is 4.12. The van der Waals surface area contributed by atoms with E-state index in [9.17, 15) is 24.9 Å². The highest BCUT2D eigenvalue weighted by molar-refractivity contribution is 5.91. The van der Waals surface area contributed by atoms with E-state index in [0.29, 0.717) is 0 Å². The molecule has 27 heavy (non-hydrogen) atoms. The normalized spacial score (nSPS) is 27.6. The summed E-state index contributed by atoms with van der Waals surface area (Å²) < 4.78 is 20.6. The third kappa shape index (κ3) is 4.07. The van der Waals surface area contributed by atoms with Gasteiger partial charge in [-0.1, -0.05) is 0 Å². The number of benzene rings is 1. The lowest BCUT2D eigenvalue weighted by molar-refractivity contribution is -0.187. The number of methoxy groups -OCH3 is 3. The maximum atomic E-state index is 12.5. The number of hydrogen-bond donors (Lipinski definition) is 4. The Morgan fingerprint density at radius 1 is 1.04 bits per heavy atom. The fourth-order valence-corrected chi connectivity index (χ4v) is 2.94. The Morgan fingerprint density at radius 2 is 1.59 bits per heavy atom. The molecule has 0 aromatic heterocycles. The summed E-state index contributed by atoms with van der Waals surface area (Å²) in [5.74, 6) is -1.88. The van der Waals surface area contributed by atoms with Gasteiger partial charge >= 0.3 is 11.9 Å².